The van der Waals surface area contributed by atoms with Gasteiger partial charge in [-0.2, -0.15) is 83.4 Å². The summed E-state index contributed by atoms with van der Waals surface area (Å²) in [6.07, 6.45) is -6.83. The Morgan fingerprint density at radius 3 is 1.49 bits per heavy atom. The van der Waals surface area contributed by atoms with E-state index in [4.69, 9.17) is 0 Å². The average molecular weight is 701 g/mol. The van der Waals surface area contributed by atoms with Gasteiger partial charge in [-0.15, -0.1) is 0 Å². The molecule has 2 rings (SSSR count). The van der Waals surface area contributed by atoms with Gasteiger partial charge in [0, 0.05) is 25.5 Å². The van der Waals surface area contributed by atoms with Crippen LogP contribution in [0.2, 0.25) is 0 Å². The van der Waals surface area contributed by atoms with E-state index in [1.807, 2.05) is 5.32 Å². The minimum Gasteiger partial charge on any atom is -0.350 e. The lowest BCUT2D eigenvalue weighted by molar-refractivity contribution is -0.467. The number of halogens is 19. The van der Waals surface area contributed by atoms with Crippen LogP contribution >= 0.6 is 0 Å². The number of hydrogen-bond acceptors (Lipinski definition) is 3. The molecule has 1 aliphatic heterocycles. The molecule has 2 amide bonds. The second-order valence-electron chi connectivity index (χ2n) is 9.32. The molecule has 5 nitrogen and oxygen atoms in total. The molecule has 1 saturated heterocycles. The number of nitrogens with zero attached hydrogens (tertiary/aromatic N) is 2. The lowest BCUT2D eigenvalue weighted by Gasteiger charge is -2.43. The zero-order chi connectivity index (χ0) is 35.5. The molecule has 0 radical (unpaired) electrons. The number of nitrogens with one attached hydrogen (secondary N) is 1. The molecule has 2 heterocycles. The Balaban J connectivity index is 2.48. The number of hydrogen-bond donors (Lipinski definition) is 1. The molecule has 45 heavy (non-hydrogen) atoms. The number of carbonyl (C=O) groups excluding carboxylic acids is 2. The highest BCUT2D eigenvalue weighted by molar-refractivity contribution is 5.92. The Hall–Kier alpha value is -3.24. The van der Waals surface area contributed by atoms with E-state index in [9.17, 15) is 93.0 Å². The Kier molecular flexibility index (Phi) is 9.47. The second kappa shape index (κ2) is 11.2. The highest BCUT2D eigenvalue weighted by Gasteiger charge is 2.97. The summed E-state index contributed by atoms with van der Waals surface area (Å²) in [4.78, 5) is 27.5. The normalized spacial score (nSPS) is 18.3. The first-order valence-corrected chi connectivity index (χ1v) is 11.5. The molecule has 1 fully saturated rings. The zero-order valence-electron chi connectivity index (χ0n) is 21.1. The van der Waals surface area contributed by atoms with Crippen molar-refractivity contribution in [3.63, 3.8) is 0 Å². The number of likely N-dealkylation sites (tertiary alicyclic amines) is 1. The molecule has 0 unspecified atom stereocenters. The summed E-state index contributed by atoms with van der Waals surface area (Å²) in [5.74, 6) is -73.9. The third-order valence-corrected chi connectivity index (χ3v) is 6.42. The van der Waals surface area contributed by atoms with Gasteiger partial charge in [0.1, 0.15) is 6.04 Å². The van der Waals surface area contributed by atoms with Crippen molar-refractivity contribution >= 4 is 11.8 Å². The van der Waals surface area contributed by atoms with E-state index in [-0.39, 0.29) is 5.56 Å². The number of rotatable bonds is 11. The van der Waals surface area contributed by atoms with Gasteiger partial charge in [0.15, 0.2) is 0 Å². The minimum absolute atomic E-state index is 0.254. The average Bonchev–Trinajstić information content (AvgIpc) is 3.40. The van der Waals surface area contributed by atoms with Gasteiger partial charge in [0.05, 0.1) is 0 Å². The van der Waals surface area contributed by atoms with Crippen LogP contribution < -0.4 is 5.32 Å². The first-order valence-electron chi connectivity index (χ1n) is 11.5. The smallest absolute Gasteiger partial charge is 0.350 e. The summed E-state index contributed by atoms with van der Waals surface area (Å²) in [6, 6.07) is 0.298. The van der Waals surface area contributed by atoms with Crippen molar-refractivity contribution in [2.75, 3.05) is 6.54 Å². The van der Waals surface area contributed by atoms with Crippen molar-refractivity contribution in [3.8, 4) is 0 Å². The number of amides is 2. The molecule has 24 heteroatoms. The van der Waals surface area contributed by atoms with Crippen molar-refractivity contribution in [2.24, 2.45) is 0 Å². The maximum Gasteiger partial charge on any atom is 0.460 e. The van der Waals surface area contributed by atoms with Crippen LogP contribution in [-0.2, 0) is 16.1 Å². The van der Waals surface area contributed by atoms with Crippen LogP contribution in [0.4, 0.5) is 83.4 Å². The summed E-state index contributed by atoms with van der Waals surface area (Å²) >= 11 is 0. The maximum absolute atomic E-state index is 14.5. The van der Waals surface area contributed by atoms with Crippen LogP contribution in [0, 0.1) is 0 Å². The monoisotopic (exact) mass is 701 g/mol. The van der Waals surface area contributed by atoms with Gasteiger partial charge in [-0.1, -0.05) is 0 Å². The van der Waals surface area contributed by atoms with Crippen LogP contribution in [0.3, 0.4) is 0 Å². The zero-order valence-corrected chi connectivity index (χ0v) is 21.1. The van der Waals surface area contributed by atoms with Crippen LogP contribution in [0.25, 0.3) is 0 Å². The minimum atomic E-state index is -9.09. The second-order valence-corrected chi connectivity index (χ2v) is 9.32. The predicted molar refractivity (Wildman–Crippen MR) is 106 cm³/mol. The fraction of sp³-hybridized carbons (Fsp3) is 0.667. The Labute approximate surface area is 236 Å². The number of carbonyl (C=O) groups is 2. The molecule has 1 atom stereocenters. The highest BCUT2D eigenvalue weighted by atomic mass is 19.4. The van der Waals surface area contributed by atoms with Crippen molar-refractivity contribution in [1.82, 2.24) is 15.2 Å². The van der Waals surface area contributed by atoms with Gasteiger partial charge >= 0.3 is 59.5 Å². The molecule has 0 saturated carbocycles. The largest absolute Gasteiger partial charge is 0.460 e. The highest BCUT2D eigenvalue weighted by Crippen LogP contribution is 2.65. The van der Waals surface area contributed by atoms with Crippen molar-refractivity contribution < 1.29 is 93.0 Å². The summed E-state index contributed by atoms with van der Waals surface area (Å²) in [5.41, 5.74) is 0.254. The molecule has 0 bridgehead atoms. The van der Waals surface area contributed by atoms with E-state index in [1.165, 1.54) is 24.5 Å². The van der Waals surface area contributed by atoms with E-state index in [2.05, 4.69) is 4.98 Å². The van der Waals surface area contributed by atoms with Gasteiger partial charge in [-0.05, 0) is 30.5 Å². The Morgan fingerprint density at radius 1 is 0.667 bits per heavy atom. The van der Waals surface area contributed by atoms with E-state index in [0.29, 0.717) is 0 Å². The van der Waals surface area contributed by atoms with Gasteiger partial charge in [0.2, 0.25) is 5.91 Å². The Morgan fingerprint density at radius 2 is 1.07 bits per heavy atom. The number of pyridine rings is 1. The first kappa shape index (κ1) is 37.9. The molecule has 0 spiro atoms. The van der Waals surface area contributed by atoms with Crippen molar-refractivity contribution in [2.45, 2.75) is 79.0 Å². The van der Waals surface area contributed by atoms with E-state index < -0.39 is 102 Å². The van der Waals surface area contributed by atoms with E-state index in [1.54, 1.807) is 0 Å². The standard InChI is InChI=1S/C21H14F19N3O2/c22-13(23,12(45)43-7-1-2-10(43)11(44)42-8-9-3-5-41-6-4-9)14(24,25)15(26,27)16(28,29)17(30,31)18(32,33)19(34,35)20(36,37)21(38,39)40/h3-6,10H,1-2,7-8H2,(H,42,44)/t10-/m0/s1. The van der Waals surface area contributed by atoms with Gasteiger partial charge in [-0.25, -0.2) is 0 Å². The molecule has 1 aliphatic rings. The quantitative estimate of drug-likeness (QED) is 0.275. The molecule has 1 N–H and O–H groups in total. The van der Waals surface area contributed by atoms with Crippen LogP contribution in [-0.4, -0.2) is 87.8 Å². The van der Waals surface area contributed by atoms with Crippen molar-refractivity contribution in [1.29, 1.82) is 0 Å². The van der Waals surface area contributed by atoms with Gasteiger partial charge in [-0.3, -0.25) is 14.6 Å². The molecule has 1 aromatic rings. The van der Waals surface area contributed by atoms with E-state index >= 15 is 0 Å². The summed E-state index contributed by atoms with van der Waals surface area (Å²) in [7, 11) is 0. The molecule has 1 aromatic heterocycles. The summed E-state index contributed by atoms with van der Waals surface area (Å²) in [6.45, 7) is -1.65. The van der Waals surface area contributed by atoms with Crippen LogP contribution in [0.15, 0.2) is 24.5 Å². The molecular weight excluding hydrogens is 687 g/mol. The van der Waals surface area contributed by atoms with Gasteiger partial charge in [0.25, 0.3) is 0 Å². The Bertz CT molecular complexity index is 1250. The maximum atomic E-state index is 14.5. The number of aromatic nitrogens is 1. The first-order chi connectivity index (χ1) is 19.9. The van der Waals surface area contributed by atoms with Gasteiger partial charge < -0.3 is 10.2 Å². The summed E-state index contributed by atoms with van der Waals surface area (Å²) in [5, 5.41) is 1.99. The lowest BCUT2D eigenvalue weighted by atomic mass is 9.87. The fourth-order valence-corrected chi connectivity index (χ4v) is 3.77. The third kappa shape index (κ3) is 5.47. The lowest BCUT2D eigenvalue weighted by Crippen LogP contribution is -2.76. The topological polar surface area (TPSA) is 62.3 Å². The molecule has 0 aromatic carbocycles. The van der Waals surface area contributed by atoms with E-state index in [0.717, 1.165) is 0 Å². The predicted octanol–water partition coefficient (Wildman–Crippen LogP) is 6.33. The van der Waals surface area contributed by atoms with Crippen molar-refractivity contribution in [3.05, 3.63) is 30.1 Å². The fourth-order valence-electron chi connectivity index (χ4n) is 3.77. The van der Waals surface area contributed by atoms with Crippen LogP contribution in [0.5, 0.6) is 0 Å². The third-order valence-electron chi connectivity index (χ3n) is 6.42. The molecule has 0 aliphatic carbocycles. The molecular formula is C21H14F19N3O2. The van der Waals surface area contributed by atoms with Crippen LogP contribution in [0.1, 0.15) is 18.4 Å². The summed E-state index contributed by atoms with van der Waals surface area (Å²) < 4.78 is 257. The molecule has 258 valence electrons. The SMILES string of the molecule is O=C(NCc1ccncc1)[C@@H]1CCCN1C(=O)C(F)(F)C(F)(F)C(F)(F)C(F)(F)C(F)(F)C(F)(F)C(F)(F)C(F)(F)C(F)(F)F. The number of alkyl halides is 19.